The monoisotopic (exact) mass is 368 g/mol. The maximum Gasteiger partial charge on any atom is 0.222 e. The third kappa shape index (κ3) is 6.19. The summed E-state index contributed by atoms with van der Waals surface area (Å²) in [5.41, 5.74) is 9.47. The lowest BCUT2D eigenvalue weighted by atomic mass is 10.1. The van der Waals surface area contributed by atoms with Crippen molar-refractivity contribution in [1.29, 1.82) is 0 Å². The summed E-state index contributed by atoms with van der Waals surface area (Å²) < 4.78 is 0. The summed E-state index contributed by atoms with van der Waals surface area (Å²) in [6, 6.07) is 11.2. The van der Waals surface area contributed by atoms with Crippen molar-refractivity contribution in [3.8, 4) is 0 Å². The zero-order valence-corrected chi connectivity index (χ0v) is 16.5. The number of nitrogen functional groups attached to an aromatic ring is 1. The standard InChI is InChI=1S/C21H32N6/c1-3-4-16(2)24-20-14-19(25-21(22)26-20)13-17-5-7-18(8-6-17)15-27-11-9-23-10-12-27/h5-8,14,16,23H,3-4,9-13,15H2,1-2H3,(H3,22,24,25,26). The van der Waals surface area contributed by atoms with Crippen molar-refractivity contribution in [1.82, 2.24) is 20.2 Å². The van der Waals surface area contributed by atoms with Gasteiger partial charge in [-0.3, -0.25) is 4.90 Å². The van der Waals surface area contributed by atoms with Gasteiger partial charge < -0.3 is 16.4 Å². The molecule has 1 aromatic carbocycles. The summed E-state index contributed by atoms with van der Waals surface area (Å²) in [6.07, 6.45) is 3.01. The highest BCUT2D eigenvalue weighted by molar-refractivity contribution is 5.42. The van der Waals surface area contributed by atoms with Gasteiger partial charge in [0.25, 0.3) is 0 Å². The summed E-state index contributed by atoms with van der Waals surface area (Å²) in [5.74, 6) is 1.14. The number of rotatable bonds is 8. The quantitative estimate of drug-likeness (QED) is 0.665. The summed E-state index contributed by atoms with van der Waals surface area (Å²) in [7, 11) is 0. The Balaban J connectivity index is 1.61. The van der Waals surface area contributed by atoms with Crippen molar-refractivity contribution >= 4 is 11.8 Å². The molecule has 146 valence electrons. The first-order valence-electron chi connectivity index (χ1n) is 10.0. The number of piperazine rings is 1. The van der Waals surface area contributed by atoms with E-state index in [2.05, 4.69) is 63.6 Å². The molecule has 1 aliphatic heterocycles. The third-order valence-corrected chi connectivity index (χ3v) is 4.94. The fraction of sp³-hybridized carbons (Fsp3) is 0.524. The van der Waals surface area contributed by atoms with Crippen LogP contribution in [0, 0.1) is 0 Å². The van der Waals surface area contributed by atoms with Crippen LogP contribution in [-0.2, 0) is 13.0 Å². The first-order chi connectivity index (χ1) is 13.1. The Bertz CT molecular complexity index is 709. The van der Waals surface area contributed by atoms with E-state index < -0.39 is 0 Å². The predicted molar refractivity (Wildman–Crippen MR) is 112 cm³/mol. The van der Waals surface area contributed by atoms with Gasteiger partial charge in [0, 0.05) is 51.3 Å². The van der Waals surface area contributed by atoms with E-state index in [1.165, 1.54) is 11.1 Å². The number of nitrogens with zero attached hydrogens (tertiary/aromatic N) is 3. The van der Waals surface area contributed by atoms with Gasteiger partial charge in [-0.05, 0) is 24.5 Å². The first-order valence-corrected chi connectivity index (χ1v) is 10.0. The number of nitrogens with one attached hydrogen (secondary N) is 2. The molecule has 27 heavy (non-hydrogen) atoms. The fourth-order valence-electron chi connectivity index (χ4n) is 3.54. The first kappa shape index (κ1) is 19.6. The van der Waals surface area contributed by atoms with E-state index in [1.807, 2.05) is 6.07 Å². The predicted octanol–water partition coefficient (Wildman–Crippen LogP) is 2.66. The maximum atomic E-state index is 5.92. The Morgan fingerprint density at radius 3 is 2.56 bits per heavy atom. The molecule has 1 atom stereocenters. The fourth-order valence-corrected chi connectivity index (χ4v) is 3.54. The van der Waals surface area contributed by atoms with Crippen molar-refractivity contribution in [2.75, 3.05) is 37.2 Å². The molecular formula is C21H32N6. The van der Waals surface area contributed by atoms with Gasteiger partial charge in [0.2, 0.25) is 5.95 Å². The summed E-state index contributed by atoms with van der Waals surface area (Å²) in [6.45, 7) is 9.78. The Labute approximate surface area is 162 Å². The molecule has 2 heterocycles. The molecule has 0 radical (unpaired) electrons. The van der Waals surface area contributed by atoms with E-state index in [9.17, 15) is 0 Å². The van der Waals surface area contributed by atoms with E-state index >= 15 is 0 Å². The van der Waals surface area contributed by atoms with Crippen LogP contribution in [0.3, 0.4) is 0 Å². The van der Waals surface area contributed by atoms with Crippen LogP contribution in [0.4, 0.5) is 11.8 Å². The smallest absolute Gasteiger partial charge is 0.222 e. The van der Waals surface area contributed by atoms with Crippen LogP contribution in [-0.4, -0.2) is 47.1 Å². The number of nitrogens with two attached hydrogens (primary N) is 1. The number of aromatic nitrogens is 2. The molecule has 2 aromatic rings. The Kier molecular flexibility index (Phi) is 7.01. The van der Waals surface area contributed by atoms with Gasteiger partial charge in [-0.1, -0.05) is 37.6 Å². The molecule has 1 unspecified atom stereocenters. The van der Waals surface area contributed by atoms with Crippen molar-refractivity contribution in [2.24, 2.45) is 0 Å². The minimum absolute atomic E-state index is 0.328. The zero-order chi connectivity index (χ0) is 19.1. The van der Waals surface area contributed by atoms with E-state index in [1.54, 1.807) is 0 Å². The van der Waals surface area contributed by atoms with Gasteiger partial charge in [0.15, 0.2) is 0 Å². The van der Waals surface area contributed by atoms with Gasteiger partial charge in [-0.25, -0.2) is 4.98 Å². The van der Waals surface area contributed by atoms with E-state index in [0.717, 1.165) is 63.5 Å². The normalized spacial score (nSPS) is 16.2. The van der Waals surface area contributed by atoms with Crippen LogP contribution in [0.5, 0.6) is 0 Å². The average Bonchev–Trinajstić information content (AvgIpc) is 2.64. The van der Waals surface area contributed by atoms with Crippen LogP contribution < -0.4 is 16.4 Å². The lowest BCUT2D eigenvalue weighted by Gasteiger charge is -2.27. The van der Waals surface area contributed by atoms with Gasteiger partial charge in [-0.2, -0.15) is 4.98 Å². The Morgan fingerprint density at radius 2 is 1.85 bits per heavy atom. The minimum atomic E-state index is 0.328. The van der Waals surface area contributed by atoms with Crippen LogP contribution >= 0.6 is 0 Å². The van der Waals surface area contributed by atoms with E-state index in [0.29, 0.717) is 12.0 Å². The van der Waals surface area contributed by atoms with Gasteiger partial charge >= 0.3 is 0 Å². The lowest BCUT2D eigenvalue weighted by Crippen LogP contribution is -2.42. The zero-order valence-electron chi connectivity index (χ0n) is 16.5. The summed E-state index contributed by atoms with van der Waals surface area (Å²) >= 11 is 0. The summed E-state index contributed by atoms with van der Waals surface area (Å²) in [5, 5.41) is 6.82. The van der Waals surface area contributed by atoms with Crippen molar-refractivity contribution in [2.45, 2.75) is 45.7 Å². The van der Waals surface area contributed by atoms with Crippen LogP contribution in [0.2, 0.25) is 0 Å². The topological polar surface area (TPSA) is 79.1 Å². The minimum Gasteiger partial charge on any atom is -0.368 e. The molecule has 0 aliphatic carbocycles. The molecule has 1 aromatic heterocycles. The van der Waals surface area contributed by atoms with Gasteiger partial charge in [0.1, 0.15) is 5.82 Å². The lowest BCUT2D eigenvalue weighted by molar-refractivity contribution is 0.233. The van der Waals surface area contributed by atoms with Crippen molar-refractivity contribution < 1.29 is 0 Å². The molecule has 0 bridgehead atoms. The van der Waals surface area contributed by atoms with E-state index in [4.69, 9.17) is 5.73 Å². The molecule has 0 spiro atoms. The number of anilines is 2. The molecule has 1 saturated heterocycles. The SMILES string of the molecule is CCCC(C)Nc1cc(Cc2ccc(CN3CCNCC3)cc2)nc(N)n1. The number of hydrogen-bond donors (Lipinski definition) is 3. The van der Waals surface area contributed by atoms with Crippen LogP contribution in [0.1, 0.15) is 43.5 Å². The van der Waals surface area contributed by atoms with E-state index in [-0.39, 0.29) is 0 Å². The largest absolute Gasteiger partial charge is 0.368 e. The average molecular weight is 369 g/mol. The highest BCUT2D eigenvalue weighted by Crippen LogP contribution is 2.16. The molecule has 0 saturated carbocycles. The molecule has 0 amide bonds. The highest BCUT2D eigenvalue weighted by Gasteiger charge is 2.10. The van der Waals surface area contributed by atoms with Crippen LogP contribution in [0.15, 0.2) is 30.3 Å². The summed E-state index contributed by atoms with van der Waals surface area (Å²) in [4.78, 5) is 11.2. The molecule has 1 aliphatic rings. The molecular weight excluding hydrogens is 336 g/mol. The Morgan fingerprint density at radius 1 is 1.15 bits per heavy atom. The molecule has 3 rings (SSSR count). The van der Waals surface area contributed by atoms with Crippen LogP contribution in [0.25, 0.3) is 0 Å². The second-order valence-electron chi connectivity index (χ2n) is 7.46. The molecule has 1 fully saturated rings. The molecule has 6 nitrogen and oxygen atoms in total. The van der Waals surface area contributed by atoms with Crippen molar-refractivity contribution in [3.05, 3.63) is 47.2 Å². The second kappa shape index (κ2) is 9.67. The van der Waals surface area contributed by atoms with Gasteiger partial charge in [-0.15, -0.1) is 0 Å². The highest BCUT2D eigenvalue weighted by atomic mass is 15.2. The molecule has 6 heteroatoms. The number of benzene rings is 1. The third-order valence-electron chi connectivity index (χ3n) is 4.94. The van der Waals surface area contributed by atoms with Gasteiger partial charge in [0.05, 0.1) is 5.69 Å². The second-order valence-corrected chi connectivity index (χ2v) is 7.46. The Hall–Kier alpha value is -2.18. The molecule has 4 N–H and O–H groups in total. The maximum absolute atomic E-state index is 5.92. The number of hydrogen-bond acceptors (Lipinski definition) is 6. The van der Waals surface area contributed by atoms with Crippen molar-refractivity contribution in [3.63, 3.8) is 0 Å².